The van der Waals surface area contributed by atoms with Gasteiger partial charge in [0.1, 0.15) is 11.5 Å². The van der Waals surface area contributed by atoms with Crippen LogP contribution in [0.4, 0.5) is 0 Å². The number of hydrogen-bond donors (Lipinski definition) is 0. The Balaban J connectivity index is 1.81. The molecule has 0 bridgehead atoms. The first-order valence-corrected chi connectivity index (χ1v) is 14.6. The number of rotatable bonds is 4. The van der Waals surface area contributed by atoms with Gasteiger partial charge in [0.2, 0.25) is 0 Å². The van der Waals surface area contributed by atoms with E-state index >= 15 is 0 Å². The van der Waals surface area contributed by atoms with Crippen LogP contribution < -0.4 is 9.47 Å². The molecule has 0 heterocycles. The first-order valence-electron chi connectivity index (χ1n) is 14.6. The van der Waals surface area contributed by atoms with Gasteiger partial charge in [-0.05, 0) is 48.2 Å². The van der Waals surface area contributed by atoms with Gasteiger partial charge in [-0.15, -0.1) is 0 Å². The van der Waals surface area contributed by atoms with Gasteiger partial charge in [0.25, 0.3) is 0 Å². The molecule has 0 atom stereocenters. The minimum absolute atomic E-state index is 0.0570. The summed E-state index contributed by atoms with van der Waals surface area (Å²) in [4.78, 5) is 0. The Morgan fingerprint density at radius 1 is 0.400 bits per heavy atom. The molecule has 0 spiro atoms. The van der Waals surface area contributed by atoms with Crippen molar-refractivity contribution in [3.8, 4) is 11.5 Å². The van der Waals surface area contributed by atoms with Crippen molar-refractivity contribution in [1.82, 2.24) is 0 Å². The van der Waals surface area contributed by atoms with Gasteiger partial charge < -0.3 is 9.47 Å². The number of methoxy groups -OCH3 is 2. The molecule has 0 aliphatic heterocycles. The van der Waals surface area contributed by atoms with Crippen LogP contribution in [0, 0.1) is 0 Å². The third-order valence-electron chi connectivity index (χ3n) is 8.24. The molecule has 0 amide bonds. The van der Waals surface area contributed by atoms with E-state index in [0.29, 0.717) is 0 Å². The average molecular weight is 479 g/mol. The minimum Gasteiger partial charge on any atom is -0.497 e. The standard InChI is InChI=1S/C33H50O2/c1-34-31-23-19-29(20-24-31)33(30-21-25-32(35-2)26-22-30)27-17-15-13-11-9-7-5-3-4-6-8-10-12-14-16-18-28-33/h19-26H,3-18,27-28H2,1-2H3. The van der Waals surface area contributed by atoms with Gasteiger partial charge in [-0.2, -0.15) is 0 Å². The van der Waals surface area contributed by atoms with Gasteiger partial charge in [0.15, 0.2) is 0 Å². The molecule has 2 aromatic rings. The van der Waals surface area contributed by atoms with Gasteiger partial charge in [0, 0.05) is 5.41 Å². The van der Waals surface area contributed by atoms with E-state index in [1.165, 1.54) is 127 Å². The molecular weight excluding hydrogens is 428 g/mol. The van der Waals surface area contributed by atoms with Crippen LogP contribution in [0.3, 0.4) is 0 Å². The zero-order chi connectivity index (χ0) is 24.6. The lowest BCUT2D eigenvalue weighted by Gasteiger charge is -2.36. The van der Waals surface area contributed by atoms with Crippen molar-refractivity contribution >= 4 is 0 Å². The smallest absolute Gasteiger partial charge is 0.118 e. The van der Waals surface area contributed by atoms with Crippen LogP contribution in [0.5, 0.6) is 11.5 Å². The van der Waals surface area contributed by atoms with Crippen LogP contribution in [-0.2, 0) is 5.41 Å². The normalized spacial score (nSPS) is 19.6. The first-order chi connectivity index (χ1) is 17.3. The maximum absolute atomic E-state index is 5.50. The predicted octanol–water partition coefficient (Wildman–Crippen LogP) is 10.0. The lowest BCUT2D eigenvalue weighted by atomic mass is 9.68. The summed E-state index contributed by atoms with van der Waals surface area (Å²) in [6.07, 6.45) is 24.7. The second-order valence-electron chi connectivity index (χ2n) is 10.7. The third kappa shape index (κ3) is 8.89. The summed E-state index contributed by atoms with van der Waals surface area (Å²) >= 11 is 0. The topological polar surface area (TPSA) is 18.5 Å². The van der Waals surface area contributed by atoms with Crippen LogP contribution in [0.1, 0.15) is 127 Å². The summed E-state index contributed by atoms with van der Waals surface area (Å²) in [5, 5.41) is 0. The Kier molecular flexibility index (Phi) is 12.6. The predicted molar refractivity (Wildman–Crippen MR) is 150 cm³/mol. The van der Waals surface area contributed by atoms with Gasteiger partial charge in [-0.1, -0.05) is 127 Å². The van der Waals surface area contributed by atoms with Crippen molar-refractivity contribution in [2.75, 3.05) is 14.2 Å². The van der Waals surface area contributed by atoms with Crippen LogP contribution >= 0.6 is 0 Å². The second-order valence-corrected chi connectivity index (χ2v) is 10.7. The lowest BCUT2D eigenvalue weighted by Crippen LogP contribution is -2.28. The summed E-state index contributed by atoms with van der Waals surface area (Å²) in [6, 6.07) is 17.9. The van der Waals surface area contributed by atoms with E-state index in [0.717, 1.165) is 11.5 Å². The zero-order valence-corrected chi connectivity index (χ0v) is 22.7. The van der Waals surface area contributed by atoms with E-state index < -0.39 is 0 Å². The highest BCUT2D eigenvalue weighted by Gasteiger charge is 2.33. The highest BCUT2D eigenvalue weighted by atomic mass is 16.5. The molecule has 0 N–H and O–H groups in total. The largest absolute Gasteiger partial charge is 0.497 e. The minimum atomic E-state index is 0.0570. The van der Waals surface area contributed by atoms with E-state index in [1.54, 1.807) is 14.2 Å². The maximum Gasteiger partial charge on any atom is 0.118 e. The van der Waals surface area contributed by atoms with Crippen molar-refractivity contribution in [1.29, 1.82) is 0 Å². The fourth-order valence-corrected chi connectivity index (χ4v) is 6.02. The van der Waals surface area contributed by atoms with Gasteiger partial charge in [-0.25, -0.2) is 0 Å². The highest BCUT2D eigenvalue weighted by Crippen LogP contribution is 2.43. The van der Waals surface area contributed by atoms with Crippen molar-refractivity contribution < 1.29 is 9.47 Å². The molecule has 1 aliphatic rings. The first kappa shape index (κ1) is 27.6. The summed E-state index contributed by atoms with van der Waals surface area (Å²) < 4.78 is 11.0. The van der Waals surface area contributed by atoms with E-state index in [-0.39, 0.29) is 5.41 Å². The van der Waals surface area contributed by atoms with Crippen molar-refractivity contribution in [3.05, 3.63) is 59.7 Å². The number of benzene rings is 2. The number of ether oxygens (including phenoxy) is 2. The van der Waals surface area contributed by atoms with Gasteiger partial charge in [-0.3, -0.25) is 0 Å². The summed E-state index contributed by atoms with van der Waals surface area (Å²) in [5.74, 6) is 1.88. The Morgan fingerprint density at radius 3 is 0.914 bits per heavy atom. The Labute approximate surface area is 215 Å². The number of hydrogen-bond acceptors (Lipinski definition) is 2. The second kappa shape index (κ2) is 15.9. The van der Waals surface area contributed by atoms with Gasteiger partial charge in [0.05, 0.1) is 14.2 Å². The molecule has 194 valence electrons. The van der Waals surface area contributed by atoms with Crippen LogP contribution in [-0.4, -0.2) is 14.2 Å². The summed E-state index contributed by atoms with van der Waals surface area (Å²) in [6.45, 7) is 0. The molecule has 1 aliphatic carbocycles. The Bertz CT molecular complexity index is 723. The molecule has 2 aromatic carbocycles. The zero-order valence-electron chi connectivity index (χ0n) is 22.7. The van der Waals surface area contributed by atoms with E-state index in [2.05, 4.69) is 48.5 Å². The summed E-state index contributed by atoms with van der Waals surface area (Å²) in [5.41, 5.74) is 2.94. The molecule has 1 fully saturated rings. The van der Waals surface area contributed by atoms with Crippen LogP contribution in [0.2, 0.25) is 0 Å². The lowest BCUT2D eigenvalue weighted by molar-refractivity contribution is 0.385. The third-order valence-corrected chi connectivity index (χ3v) is 8.24. The molecule has 2 heteroatoms. The average Bonchev–Trinajstić information content (AvgIpc) is 2.91. The fourth-order valence-electron chi connectivity index (χ4n) is 6.02. The van der Waals surface area contributed by atoms with Gasteiger partial charge >= 0.3 is 0 Å². The maximum atomic E-state index is 5.50. The van der Waals surface area contributed by atoms with Crippen LogP contribution in [0.15, 0.2) is 48.5 Å². The molecule has 0 aromatic heterocycles. The molecule has 0 unspecified atom stereocenters. The Morgan fingerprint density at radius 2 is 0.657 bits per heavy atom. The molecular formula is C33H50O2. The fraction of sp³-hybridized carbons (Fsp3) is 0.636. The van der Waals surface area contributed by atoms with Crippen molar-refractivity contribution in [3.63, 3.8) is 0 Å². The molecule has 2 nitrogen and oxygen atoms in total. The summed E-state index contributed by atoms with van der Waals surface area (Å²) in [7, 11) is 3.51. The molecule has 1 saturated carbocycles. The van der Waals surface area contributed by atoms with Crippen molar-refractivity contribution in [2.45, 2.75) is 121 Å². The quantitative estimate of drug-likeness (QED) is 0.435. The SMILES string of the molecule is COc1ccc(C2(c3ccc(OC)cc3)CCCCCCCCCCCCCCCCCC2)cc1. The van der Waals surface area contributed by atoms with E-state index in [9.17, 15) is 0 Å². The monoisotopic (exact) mass is 478 g/mol. The van der Waals surface area contributed by atoms with Crippen molar-refractivity contribution in [2.24, 2.45) is 0 Å². The highest BCUT2D eigenvalue weighted by molar-refractivity contribution is 5.43. The van der Waals surface area contributed by atoms with E-state index in [4.69, 9.17) is 9.47 Å². The molecule has 3 rings (SSSR count). The molecule has 0 radical (unpaired) electrons. The molecule has 35 heavy (non-hydrogen) atoms. The Hall–Kier alpha value is -1.96. The molecule has 0 saturated heterocycles. The van der Waals surface area contributed by atoms with E-state index in [1.807, 2.05) is 0 Å². The van der Waals surface area contributed by atoms with Crippen LogP contribution in [0.25, 0.3) is 0 Å².